The molecule has 102 valence electrons. The van der Waals surface area contributed by atoms with Gasteiger partial charge < -0.3 is 9.26 Å². The molecule has 0 saturated carbocycles. The molecule has 0 atom stereocenters. The van der Waals surface area contributed by atoms with Crippen LogP contribution in [0.5, 0.6) is 0 Å². The van der Waals surface area contributed by atoms with Crippen molar-refractivity contribution in [1.82, 2.24) is 10.1 Å². The van der Waals surface area contributed by atoms with Crippen molar-refractivity contribution >= 4 is 17.7 Å². The molecule has 1 heterocycles. The molecule has 6 heteroatoms. The largest absolute Gasteiger partial charge is 0.465 e. The van der Waals surface area contributed by atoms with E-state index >= 15 is 0 Å². The lowest BCUT2D eigenvalue weighted by molar-refractivity contribution is -0.149. The van der Waals surface area contributed by atoms with Gasteiger partial charge in [0.15, 0.2) is 5.82 Å². The number of aromatic nitrogens is 2. The first kappa shape index (κ1) is 15.0. The van der Waals surface area contributed by atoms with Crippen molar-refractivity contribution in [2.24, 2.45) is 0 Å². The molecule has 0 radical (unpaired) electrons. The van der Waals surface area contributed by atoms with Gasteiger partial charge in [-0.3, -0.25) is 4.79 Å². The van der Waals surface area contributed by atoms with Crippen molar-refractivity contribution in [2.75, 3.05) is 6.61 Å². The predicted molar refractivity (Wildman–Crippen MR) is 70.4 cm³/mol. The molecule has 5 nitrogen and oxygen atoms in total. The minimum atomic E-state index is -0.899. The number of hydrogen-bond donors (Lipinski definition) is 0. The van der Waals surface area contributed by atoms with E-state index in [0.717, 1.165) is 0 Å². The lowest BCUT2D eigenvalue weighted by atomic mass is 9.94. The SMILES string of the molecule is CCOC(=O)C(C)(C)c1nc(CSC(C)C)no1. The van der Waals surface area contributed by atoms with Crippen LogP contribution >= 0.6 is 11.8 Å². The summed E-state index contributed by atoms with van der Waals surface area (Å²) in [6.45, 7) is 9.76. The van der Waals surface area contributed by atoms with Crippen molar-refractivity contribution < 1.29 is 14.1 Å². The molecule has 0 aliphatic rings. The fourth-order valence-corrected chi connectivity index (χ4v) is 1.81. The van der Waals surface area contributed by atoms with Crippen LogP contribution in [0.25, 0.3) is 0 Å². The Morgan fingerprint density at radius 3 is 2.72 bits per heavy atom. The first-order valence-electron chi connectivity index (χ1n) is 5.99. The standard InChI is InChI=1S/C12H20N2O3S/c1-6-16-11(15)12(4,5)10-13-9(14-17-10)7-18-8(2)3/h8H,6-7H2,1-5H3. The summed E-state index contributed by atoms with van der Waals surface area (Å²) in [6.07, 6.45) is 0. The number of hydrogen-bond acceptors (Lipinski definition) is 6. The molecule has 1 aromatic heterocycles. The molecule has 0 amide bonds. The summed E-state index contributed by atoms with van der Waals surface area (Å²) in [5.74, 6) is 1.25. The van der Waals surface area contributed by atoms with E-state index in [1.165, 1.54) is 0 Å². The lowest BCUT2D eigenvalue weighted by Crippen LogP contribution is -2.31. The van der Waals surface area contributed by atoms with Gasteiger partial charge in [-0.25, -0.2) is 0 Å². The zero-order valence-corrected chi connectivity index (χ0v) is 12.3. The van der Waals surface area contributed by atoms with Gasteiger partial charge in [-0.2, -0.15) is 16.7 Å². The van der Waals surface area contributed by atoms with Gasteiger partial charge >= 0.3 is 5.97 Å². The maximum Gasteiger partial charge on any atom is 0.321 e. The van der Waals surface area contributed by atoms with E-state index in [4.69, 9.17) is 9.26 Å². The number of nitrogens with zero attached hydrogens (tertiary/aromatic N) is 2. The second kappa shape index (κ2) is 6.22. The summed E-state index contributed by atoms with van der Waals surface area (Å²) < 4.78 is 10.2. The van der Waals surface area contributed by atoms with Gasteiger partial charge in [0.2, 0.25) is 5.89 Å². The summed E-state index contributed by atoms with van der Waals surface area (Å²) in [5.41, 5.74) is -0.899. The highest BCUT2D eigenvalue weighted by molar-refractivity contribution is 7.99. The van der Waals surface area contributed by atoms with E-state index in [1.54, 1.807) is 32.5 Å². The number of esters is 1. The summed E-state index contributed by atoms with van der Waals surface area (Å²) >= 11 is 1.73. The molecule has 0 aromatic carbocycles. The fourth-order valence-electron chi connectivity index (χ4n) is 1.21. The Morgan fingerprint density at radius 1 is 1.50 bits per heavy atom. The first-order valence-corrected chi connectivity index (χ1v) is 7.04. The van der Waals surface area contributed by atoms with E-state index in [-0.39, 0.29) is 5.97 Å². The number of carbonyl (C=O) groups is 1. The van der Waals surface area contributed by atoms with Gasteiger partial charge in [0.05, 0.1) is 12.4 Å². The Kier molecular flexibility index (Phi) is 5.19. The molecule has 0 saturated heterocycles. The molecule has 0 fully saturated rings. The van der Waals surface area contributed by atoms with Crippen LogP contribution < -0.4 is 0 Å². The molecule has 0 spiro atoms. The summed E-state index contributed by atoms with van der Waals surface area (Å²) in [7, 11) is 0. The van der Waals surface area contributed by atoms with Crippen LogP contribution in [0.3, 0.4) is 0 Å². The third kappa shape index (κ3) is 3.73. The predicted octanol–water partition coefficient (Wildman–Crippen LogP) is 2.55. The Labute approximate surface area is 112 Å². The monoisotopic (exact) mass is 272 g/mol. The van der Waals surface area contributed by atoms with Gasteiger partial charge in [-0.15, -0.1) is 0 Å². The third-order valence-electron chi connectivity index (χ3n) is 2.33. The normalized spacial score (nSPS) is 11.9. The van der Waals surface area contributed by atoms with Crippen molar-refractivity contribution in [2.45, 2.75) is 51.0 Å². The topological polar surface area (TPSA) is 65.2 Å². The fraction of sp³-hybridized carbons (Fsp3) is 0.750. The van der Waals surface area contributed by atoms with E-state index in [2.05, 4.69) is 24.0 Å². The molecular weight excluding hydrogens is 252 g/mol. The van der Waals surface area contributed by atoms with Gasteiger partial charge in [0.1, 0.15) is 5.41 Å². The maximum absolute atomic E-state index is 11.8. The average Bonchev–Trinajstić information content (AvgIpc) is 2.75. The van der Waals surface area contributed by atoms with Gasteiger partial charge in [-0.1, -0.05) is 19.0 Å². The molecule has 0 bridgehead atoms. The van der Waals surface area contributed by atoms with E-state index in [1.807, 2.05) is 0 Å². The van der Waals surface area contributed by atoms with Crippen LogP contribution in [-0.2, 0) is 20.7 Å². The van der Waals surface area contributed by atoms with Crippen molar-refractivity contribution in [3.8, 4) is 0 Å². The van der Waals surface area contributed by atoms with E-state index in [9.17, 15) is 4.79 Å². The van der Waals surface area contributed by atoms with Crippen LogP contribution in [0, 0.1) is 0 Å². The average molecular weight is 272 g/mol. The highest BCUT2D eigenvalue weighted by Gasteiger charge is 2.37. The van der Waals surface area contributed by atoms with E-state index in [0.29, 0.717) is 29.3 Å². The molecule has 18 heavy (non-hydrogen) atoms. The van der Waals surface area contributed by atoms with Crippen LogP contribution in [0.15, 0.2) is 4.52 Å². The Morgan fingerprint density at radius 2 is 2.17 bits per heavy atom. The molecular formula is C12H20N2O3S. The smallest absolute Gasteiger partial charge is 0.321 e. The molecule has 1 aromatic rings. The third-order valence-corrected chi connectivity index (χ3v) is 3.43. The van der Waals surface area contributed by atoms with Gasteiger partial charge in [0.25, 0.3) is 0 Å². The van der Waals surface area contributed by atoms with Crippen molar-refractivity contribution in [3.63, 3.8) is 0 Å². The maximum atomic E-state index is 11.8. The first-order chi connectivity index (χ1) is 8.37. The summed E-state index contributed by atoms with van der Waals surface area (Å²) in [5, 5.41) is 4.39. The van der Waals surface area contributed by atoms with E-state index < -0.39 is 5.41 Å². The van der Waals surface area contributed by atoms with Crippen LogP contribution in [0.1, 0.15) is 46.3 Å². The zero-order chi connectivity index (χ0) is 13.8. The van der Waals surface area contributed by atoms with Crippen molar-refractivity contribution in [3.05, 3.63) is 11.7 Å². The lowest BCUT2D eigenvalue weighted by Gasteiger charge is -2.16. The van der Waals surface area contributed by atoms with Crippen LogP contribution in [0.2, 0.25) is 0 Å². The molecule has 0 N–H and O–H groups in total. The van der Waals surface area contributed by atoms with Crippen LogP contribution in [-0.4, -0.2) is 28.0 Å². The van der Waals surface area contributed by atoms with Crippen molar-refractivity contribution in [1.29, 1.82) is 0 Å². The number of thioether (sulfide) groups is 1. The number of rotatable bonds is 6. The Hall–Kier alpha value is -1.04. The Bertz CT molecular complexity index is 402. The molecule has 0 unspecified atom stereocenters. The second-order valence-electron chi connectivity index (χ2n) is 4.72. The highest BCUT2D eigenvalue weighted by Crippen LogP contribution is 2.24. The molecule has 0 aliphatic heterocycles. The van der Waals surface area contributed by atoms with Gasteiger partial charge in [-0.05, 0) is 26.0 Å². The Balaban J connectivity index is 2.74. The van der Waals surface area contributed by atoms with Crippen LogP contribution in [0.4, 0.5) is 0 Å². The minimum absolute atomic E-state index is 0.306. The summed E-state index contributed by atoms with van der Waals surface area (Å²) in [4.78, 5) is 16.0. The highest BCUT2D eigenvalue weighted by atomic mass is 32.2. The molecule has 1 rings (SSSR count). The second-order valence-corrected chi connectivity index (χ2v) is 6.29. The number of carbonyl (C=O) groups excluding carboxylic acids is 1. The minimum Gasteiger partial charge on any atom is -0.465 e. The quantitative estimate of drug-likeness (QED) is 0.741. The summed E-state index contributed by atoms with van der Waals surface area (Å²) in [6, 6.07) is 0. The zero-order valence-electron chi connectivity index (χ0n) is 11.5. The van der Waals surface area contributed by atoms with Gasteiger partial charge in [0, 0.05) is 0 Å². The molecule has 0 aliphatic carbocycles. The number of ether oxygens (including phenoxy) is 1.